The van der Waals surface area contributed by atoms with Crippen LogP contribution in [0.25, 0.3) is 0 Å². The van der Waals surface area contributed by atoms with Crippen molar-refractivity contribution in [3.63, 3.8) is 0 Å². The number of carbonyl (C=O) groups is 3. The zero-order valence-corrected chi connectivity index (χ0v) is 13.8. The van der Waals surface area contributed by atoms with Crippen LogP contribution >= 0.6 is 0 Å². The highest BCUT2D eigenvalue weighted by Gasteiger charge is 2.21. The minimum absolute atomic E-state index is 0.0201. The second-order valence-electron chi connectivity index (χ2n) is 5.79. The van der Waals surface area contributed by atoms with Crippen LogP contribution in [0.4, 0.5) is 4.39 Å². The number of rotatable bonds is 5. The molecule has 0 unspecified atom stereocenters. The molecular weight excluding hydrogens is 313 g/mol. The van der Waals surface area contributed by atoms with Crippen molar-refractivity contribution in [3.8, 4) is 0 Å². The molecular formula is C17H22FN3O3. The Labute approximate surface area is 140 Å². The summed E-state index contributed by atoms with van der Waals surface area (Å²) in [7, 11) is 0. The first kappa shape index (κ1) is 17.9. The highest BCUT2D eigenvalue weighted by atomic mass is 19.1. The summed E-state index contributed by atoms with van der Waals surface area (Å²) in [5.41, 5.74) is 0.596. The van der Waals surface area contributed by atoms with Crippen LogP contribution in [0, 0.1) is 5.82 Å². The van der Waals surface area contributed by atoms with E-state index in [1.54, 1.807) is 21.9 Å². The predicted molar refractivity (Wildman–Crippen MR) is 86.6 cm³/mol. The van der Waals surface area contributed by atoms with Gasteiger partial charge in [-0.15, -0.1) is 0 Å². The van der Waals surface area contributed by atoms with Gasteiger partial charge in [0.1, 0.15) is 5.82 Å². The number of amides is 3. The standard InChI is InChI=1S/C17H22FN3O3/c1-13(22)20-7-9-21(10-8-20)17(24)5-6-19-16(23)12-14-3-2-4-15(18)11-14/h2-4,11H,5-10,12H2,1H3,(H,19,23). The lowest BCUT2D eigenvalue weighted by Crippen LogP contribution is -2.50. The first-order valence-corrected chi connectivity index (χ1v) is 8.00. The Kier molecular flexibility index (Phi) is 6.28. The van der Waals surface area contributed by atoms with Gasteiger partial charge in [-0.05, 0) is 17.7 Å². The lowest BCUT2D eigenvalue weighted by atomic mass is 10.1. The van der Waals surface area contributed by atoms with Gasteiger partial charge in [0.05, 0.1) is 6.42 Å². The van der Waals surface area contributed by atoms with Crippen LogP contribution in [-0.4, -0.2) is 60.2 Å². The number of hydrogen-bond acceptors (Lipinski definition) is 3. The summed E-state index contributed by atoms with van der Waals surface area (Å²) in [6.07, 6.45) is 0.304. The summed E-state index contributed by atoms with van der Waals surface area (Å²) in [5, 5.41) is 2.67. The zero-order valence-electron chi connectivity index (χ0n) is 13.8. The van der Waals surface area contributed by atoms with Gasteiger partial charge in [0.25, 0.3) is 0 Å². The Morgan fingerprint density at radius 3 is 2.42 bits per heavy atom. The van der Waals surface area contributed by atoms with Crippen molar-refractivity contribution < 1.29 is 18.8 Å². The average Bonchev–Trinajstić information content (AvgIpc) is 2.54. The zero-order chi connectivity index (χ0) is 17.5. The number of piperazine rings is 1. The van der Waals surface area contributed by atoms with E-state index in [2.05, 4.69) is 5.32 Å². The van der Waals surface area contributed by atoms with Crippen LogP contribution < -0.4 is 5.32 Å². The fourth-order valence-corrected chi connectivity index (χ4v) is 2.63. The number of benzene rings is 1. The molecule has 3 amide bonds. The maximum atomic E-state index is 13.1. The quantitative estimate of drug-likeness (QED) is 0.855. The Bertz CT molecular complexity index is 613. The third kappa shape index (κ3) is 5.33. The monoisotopic (exact) mass is 335 g/mol. The Morgan fingerprint density at radius 1 is 1.12 bits per heavy atom. The first-order valence-electron chi connectivity index (χ1n) is 8.00. The first-order chi connectivity index (χ1) is 11.5. The van der Waals surface area contributed by atoms with Gasteiger partial charge in [0.2, 0.25) is 17.7 Å². The molecule has 0 saturated carbocycles. The van der Waals surface area contributed by atoms with Crippen LogP contribution in [0.1, 0.15) is 18.9 Å². The van der Waals surface area contributed by atoms with Gasteiger partial charge in [0, 0.05) is 46.1 Å². The molecule has 1 aromatic rings. The molecule has 7 heteroatoms. The van der Waals surface area contributed by atoms with Crippen LogP contribution in [0.5, 0.6) is 0 Å². The number of carbonyl (C=O) groups excluding carboxylic acids is 3. The van der Waals surface area contributed by atoms with Gasteiger partial charge in [-0.1, -0.05) is 12.1 Å². The van der Waals surface area contributed by atoms with Crippen molar-refractivity contribution in [2.45, 2.75) is 19.8 Å². The molecule has 1 saturated heterocycles. The Balaban J connectivity index is 1.67. The van der Waals surface area contributed by atoms with Crippen molar-refractivity contribution >= 4 is 17.7 Å². The van der Waals surface area contributed by atoms with Gasteiger partial charge in [-0.2, -0.15) is 0 Å². The second kappa shape index (κ2) is 8.42. The molecule has 0 aliphatic carbocycles. The molecule has 0 spiro atoms. The molecule has 1 heterocycles. The largest absolute Gasteiger partial charge is 0.355 e. The molecule has 130 valence electrons. The van der Waals surface area contributed by atoms with E-state index in [4.69, 9.17) is 0 Å². The fourth-order valence-electron chi connectivity index (χ4n) is 2.63. The van der Waals surface area contributed by atoms with Gasteiger partial charge < -0.3 is 15.1 Å². The van der Waals surface area contributed by atoms with Gasteiger partial charge in [0.15, 0.2) is 0 Å². The molecule has 0 bridgehead atoms. The molecule has 6 nitrogen and oxygen atoms in total. The lowest BCUT2D eigenvalue weighted by molar-refractivity contribution is -0.138. The van der Waals surface area contributed by atoms with Crippen molar-refractivity contribution in [1.29, 1.82) is 0 Å². The molecule has 1 aliphatic heterocycles. The van der Waals surface area contributed by atoms with Gasteiger partial charge >= 0.3 is 0 Å². The molecule has 1 aliphatic rings. The maximum absolute atomic E-state index is 13.1. The average molecular weight is 335 g/mol. The van der Waals surface area contributed by atoms with Crippen molar-refractivity contribution in [3.05, 3.63) is 35.6 Å². The number of hydrogen-bond donors (Lipinski definition) is 1. The summed E-state index contributed by atoms with van der Waals surface area (Å²) in [6.45, 7) is 3.91. The fraction of sp³-hybridized carbons (Fsp3) is 0.471. The predicted octanol–water partition coefficient (Wildman–Crippen LogP) is 0.565. The maximum Gasteiger partial charge on any atom is 0.224 e. The normalized spacial score (nSPS) is 14.4. The van der Waals surface area contributed by atoms with Crippen molar-refractivity contribution in [2.24, 2.45) is 0 Å². The second-order valence-corrected chi connectivity index (χ2v) is 5.79. The van der Waals surface area contributed by atoms with E-state index in [0.717, 1.165) is 0 Å². The van der Waals surface area contributed by atoms with Crippen molar-refractivity contribution in [1.82, 2.24) is 15.1 Å². The van der Waals surface area contributed by atoms with E-state index < -0.39 is 0 Å². The molecule has 1 aromatic carbocycles. The molecule has 2 rings (SSSR count). The lowest BCUT2D eigenvalue weighted by Gasteiger charge is -2.34. The molecule has 1 fully saturated rings. The molecule has 1 N–H and O–H groups in total. The Morgan fingerprint density at radius 2 is 1.79 bits per heavy atom. The summed E-state index contributed by atoms with van der Waals surface area (Å²) in [6, 6.07) is 5.88. The van der Waals surface area contributed by atoms with E-state index in [-0.39, 0.29) is 42.9 Å². The van der Waals surface area contributed by atoms with E-state index in [0.29, 0.717) is 31.7 Å². The van der Waals surface area contributed by atoms with Gasteiger partial charge in [-0.25, -0.2) is 4.39 Å². The van der Waals surface area contributed by atoms with E-state index in [1.807, 2.05) is 0 Å². The molecule has 0 radical (unpaired) electrons. The summed E-state index contributed by atoms with van der Waals surface area (Å²) in [5.74, 6) is -0.633. The molecule has 0 atom stereocenters. The van der Waals surface area contributed by atoms with E-state index in [1.165, 1.54) is 19.1 Å². The summed E-state index contributed by atoms with van der Waals surface area (Å²) < 4.78 is 13.1. The summed E-state index contributed by atoms with van der Waals surface area (Å²) in [4.78, 5) is 38.5. The van der Waals surface area contributed by atoms with Crippen molar-refractivity contribution in [2.75, 3.05) is 32.7 Å². The van der Waals surface area contributed by atoms with E-state index >= 15 is 0 Å². The van der Waals surface area contributed by atoms with E-state index in [9.17, 15) is 18.8 Å². The van der Waals surface area contributed by atoms with Crippen LogP contribution in [0.15, 0.2) is 24.3 Å². The SMILES string of the molecule is CC(=O)N1CCN(C(=O)CCNC(=O)Cc2cccc(F)c2)CC1. The molecule has 24 heavy (non-hydrogen) atoms. The van der Waals surface area contributed by atoms with Crippen LogP contribution in [-0.2, 0) is 20.8 Å². The Hall–Kier alpha value is -2.44. The van der Waals surface area contributed by atoms with Gasteiger partial charge in [-0.3, -0.25) is 14.4 Å². The topological polar surface area (TPSA) is 69.7 Å². The minimum Gasteiger partial charge on any atom is -0.355 e. The number of halogens is 1. The highest BCUT2D eigenvalue weighted by molar-refractivity contribution is 5.80. The number of nitrogens with zero attached hydrogens (tertiary/aromatic N) is 2. The highest BCUT2D eigenvalue weighted by Crippen LogP contribution is 2.05. The van der Waals surface area contributed by atoms with Crippen LogP contribution in [0.2, 0.25) is 0 Å². The third-order valence-corrected chi connectivity index (χ3v) is 3.99. The third-order valence-electron chi connectivity index (χ3n) is 3.99. The number of nitrogens with one attached hydrogen (secondary N) is 1. The smallest absolute Gasteiger partial charge is 0.224 e. The summed E-state index contributed by atoms with van der Waals surface area (Å²) >= 11 is 0. The minimum atomic E-state index is -0.375. The van der Waals surface area contributed by atoms with Crippen LogP contribution in [0.3, 0.4) is 0 Å². The molecule has 0 aromatic heterocycles.